The molecular weight excluding hydrogens is 442 g/mol. The summed E-state index contributed by atoms with van der Waals surface area (Å²) < 4.78 is 2.21. The van der Waals surface area contributed by atoms with Crippen LogP contribution >= 0.6 is 11.8 Å². The minimum absolute atomic E-state index is 0.119. The Morgan fingerprint density at radius 2 is 1.56 bits per heavy atom. The van der Waals surface area contributed by atoms with Crippen molar-refractivity contribution in [3.8, 4) is 0 Å². The van der Waals surface area contributed by atoms with Gasteiger partial charge in [0.25, 0.3) is 0 Å². The second kappa shape index (κ2) is 12.2. The predicted molar refractivity (Wildman–Crippen MR) is 138 cm³/mol. The topological polar surface area (TPSA) is 54.3 Å². The first kappa shape index (κ1) is 24.5. The number of thioether (sulfide) groups is 1. The lowest BCUT2D eigenvalue weighted by Gasteiger charge is -2.26. The number of hydrogen-bond acceptors (Lipinski definition) is 5. The molecule has 0 unspecified atom stereocenters. The van der Waals surface area contributed by atoms with Crippen molar-refractivity contribution in [3.63, 3.8) is 0 Å². The first-order chi connectivity index (χ1) is 16.7. The van der Waals surface area contributed by atoms with Crippen molar-refractivity contribution in [2.45, 2.75) is 56.6 Å². The van der Waals surface area contributed by atoms with Gasteiger partial charge in [0.2, 0.25) is 5.91 Å². The Balaban J connectivity index is 1.66. The van der Waals surface area contributed by atoms with Gasteiger partial charge in [0.05, 0.1) is 13.1 Å². The van der Waals surface area contributed by atoms with Crippen LogP contribution < -0.4 is 0 Å². The van der Waals surface area contributed by atoms with Crippen LogP contribution in [0, 0.1) is 0 Å². The summed E-state index contributed by atoms with van der Waals surface area (Å²) in [7, 11) is 0. The van der Waals surface area contributed by atoms with Crippen LogP contribution in [0.2, 0.25) is 0 Å². The molecule has 180 valence electrons. The fourth-order valence-electron chi connectivity index (χ4n) is 4.46. The Morgan fingerprint density at radius 3 is 2.21 bits per heavy atom. The largest absolute Gasteiger partial charge is 0.342 e. The summed E-state index contributed by atoms with van der Waals surface area (Å²) in [6.07, 6.45) is 3.78. The van der Waals surface area contributed by atoms with E-state index in [9.17, 15) is 4.79 Å². The minimum atomic E-state index is -0.359. The van der Waals surface area contributed by atoms with Gasteiger partial charge < -0.3 is 9.47 Å². The molecule has 34 heavy (non-hydrogen) atoms. The molecule has 1 aliphatic heterocycles. The fraction of sp³-hybridized carbons (Fsp3) is 0.444. The van der Waals surface area contributed by atoms with Crippen LogP contribution in [0.4, 0.5) is 0 Å². The number of aromatic nitrogens is 3. The molecule has 0 saturated carbocycles. The summed E-state index contributed by atoms with van der Waals surface area (Å²) in [5.41, 5.74) is 2.20. The lowest BCUT2D eigenvalue weighted by atomic mass is 10.1. The number of likely N-dealkylation sites (tertiary alicyclic amines) is 1. The average Bonchev–Trinajstić information content (AvgIpc) is 3.25. The van der Waals surface area contributed by atoms with E-state index in [1.54, 1.807) is 0 Å². The lowest BCUT2D eigenvalue weighted by Crippen LogP contribution is -2.34. The van der Waals surface area contributed by atoms with Crippen molar-refractivity contribution in [1.29, 1.82) is 0 Å². The minimum Gasteiger partial charge on any atom is -0.342 e. The van der Waals surface area contributed by atoms with Crippen LogP contribution in [-0.4, -0.2) is 56.7 Å². The van der Waals surface area contributed by atoms with Gasteiger partial charge in [-0.2, -0.15) is 0 Å². The number of nitrogens with zero attached hydrogens (tertiary/aromatic N) is 5. The zero-order valence-corrected chi connectivity index (χ0v) is 21.1. The second-order valence-corrected chi connectivity index (χ2v) is 9.80. The van der Waals surface area contributed by atoms with E-state index in [1.807, 2.05) is 55.1 Å². The van der Waals surface area contributed by atoms with E-state index in [-0.39, 0.29) is 11.2 Å². The maximum Gasteiger partial charge on any atom is 0.240 e. The SMILES string of the molecule is CCN(CC)C(=O)[C@@H](Sc1nnc(CN2CCCCC2)n1Cc1ccccc1)c1ccccc1. The lowest BCUT2D eigenvalue weighted by molar-refractivity contribution is -0.130. The zero-order valence-electron chi connectivity index (χ0n) is 20.3. The molecule has 0 N–H and O–H groups in total. The number of carbonyl (C=O) groups is 1. The van der Waals surface area contributed by atoms with E-state index in [0.717, 1.165) is 36.2 Å². The van der Waals surface area contributed by atoms with Gasteiger partial charge in [0, 0.05) is 13.1 Å². The average molecular weight is 478 g/mol. The highest BCUT2D eigenvalue weighted by Gasteiger charge is 2.29. The van der Waals surface area contributed by atoms with Gasteiger partial charge in [0.1, 0.15) is 11.1 Å². The molecule has 1 fully saturated rings. The Labute approximate surface area is 207 Å². The van der Waals surface area contributed by atoms with Gasteiger partial charge in [-0.3, -0.25) is 9.69 Å². The monoisotopic (exact) mass is 477 g/mol. The highest BCUT2D eigenvalue weighted by atomic mass is 32.2. The molecule has 1 saturated heterocycles. The zero-order chi connectivity index (χ0) is 23.8. The maximum atomic E-state index is 13.5. The van der Waals surface area contributed by atoms with E-state index in [0.29, 0.717) is 19.6 Å². The Kier molecular flexibility index (Phi) is 8.77. The first-order valence-electron chi connectivity index (χ1n) is 12.4. The normalized spacial score (nSPS) is 15.2. The maximum absolute atomic E-state index is 13.5. The van der Waals surface area contributed by atoms with Gasteiger partial charge in [0.15, 0.2) is 5.16 Å². The third-order valence-electron chi connectivity index (χ3n) is 6.42. The molecule has 1 aliphatic rings. The molecule has 6 nitrogen and oxygen atoms in total. The smallest absolute Gasteiger partial charge is 0.240 e. The predicted octanol–water partition coefficient (Wildman–Crippen LogP) is 5.01. The summed E-state index contributed by atoms with van der Waals surface area (Å²) in [4.78, 5) is 17.9. The van der Waals surface area contributed by atoms with Crippen LogP contribution in [0.15, 0.2) is 65.8 Å². The van der Waals surface area contributed by atoms with Gasteiger partial charge in [-0.15, -0.1) is 10.2 Å². The summed E-state index contributed by atoms with van der Waals surface area (Å²) in [6, 6.07) is 20.5. The van der Waals surface area contributed by atoms with E-state index in [1.165, 1.54) is 36.6 Å². The van der Waals surface area contributed by atoms with Gasteiger partial charge in [-0.25, -0.2) is 0 Å². The number of likely N-dealkylation sites (N-methyl/N-ethyl adjacent to an activating group) is 1. The van der Waals surface area contributed by atoms with Crippen LogP contribution in [-0.2, 0) is 17.9 Å². The van der Waals surface area contributed by atoms with Crippen LogP contribution in [0.3, 0.4) is 0 Å². The fourth-order valence-corrected chi connectivity index (χ4v) is 5.60. The van der Waals surface area contributed by atoms with Crippen molar-refractivity contribution in [3.05, 3.63) is 77.6 Å². The third kappa shape index (κ3) is 6.07. The number of amides is 1. The highest BCUT2D eigenvalue weighted by molar-refractivity contribution is 8.00. The van der Waals surface area contributed by atoms with Crippen LogP contribution in [0.25, 0.3) is 0 Å². The molecule has 3 aromatic rings. The molecule has 0 spiro atoms. The molecule has 1 atom stereocenters. The summed E-state index contributed by atoms with van der Waals surface area (Å²) in [5, 5.41) is 9.68. The third-order valence-corrected chi connectivity index (χ3v) is 7.64. The number of carbonyl (C=O) groups excluding carboxylic acids is 1. The Morgan fingerprint density at radius 1 is 0.912 bits per heavy atom. The highest BCUT2D eigenvalue weighted by Crippen LogP contribution is 2.36. The number of benzene rings is 2. The molecule has 0 bridgehead atoms. The molecule has 1 aromatic heterocycles. The van der Waals surface area contributed by atoms with Crippen molar-refractivity contribution < 1.29 is 4.79 Å². The molecule has 1 amide bonds. The summed E-state index contributed by atoms with van der Waals surface area (Å²) >= 11 is 1.52. The Hall–Kier alpha value is -2.64. The van der Waals surface area contributed by atoms with Gasteiger partial charge >= 0.3 is 0 Å². The number of rotatable bonds is 10. The number of piperidine rings is 1. The van der Waals surface area contributed by atoms with E-state index < -0.39 is 0 Å². The van der Waals surface area contributed by atoms with Crippen molar-refractivity contribution in [2.24, 2.45) is 0 Å². The summed E-state index contributed by atoms with van der Waals surface area (Å²) in [5.74, 6) is 1.09. The van der Waals surface area contributed by atoms with E-state index in [2.05, 4.69) is 43.9 Å². The molecule has 2 heterocycles. The quantitative estimate of drug-likeness (QED) is 0.384. The Bertz CT molecular complexity index is 1030. The van der Waals surface area contributed by atoms with Crippen molar-refractivity contribution in [1.82, 2.24) is 24.6 Å². The van der Waals surface area contributed by atoms with Gasteiger partial charge in [-0.1, -0.05) is 78.8 Å². The van der Waals surface area contributed by atoms with E-state index in [4.69, 9.17) is 0 Å². The van der Waals surface area contributed by atoms with Gasteiger partial charge in [-0.05, 0) is 50.9 Å². The number of hydrogen-bond donors (Lipinski definition) is 0. The van der Waals surface area contributed by atoms with Crippen molar-refractivity contribution in [2.75, 3.05) is 26.2 Å². The second-order valence-electron chi connectivity index (χ2n) is 8.73. The molecule has 2 aromatic carbocycles. The first-order valence-corrected chi connectivity index (χ1v) is 13.3. The molecule has 7 heteroatoms. The molecule has 4 rings (SSSR count). The molecule has 0 radical (unpaired) electrons. The summed E-state index contributed by atoms with van der Waals surface area (Å²) in [6.45, 7) is 9.14. The molecule has 0 aliphatic carbocycles. The van der Waals surface area contributed by atoms with Crippen LogP contribution in [0.5, 0.6) is 0 Å². The standard InChI is InChI=1S/C27H35N5OS/c1-3-31(4-2)26(33)25(23-16-10-6-11-17-23)34-27-29-28-24(21-30-18-12-7-13-19-30)32(27)20-22-14-8-5-9-15-22/h5-6,8-11,14-17,25H,3-4,7,12-13,18-21H2,1-2H3/t25-/m0/s1. The van der Waals surface area contributed by atoms with Crippen LogP contribution in [0.1, 0.15) is 55.3 Å². The molecular formula is C27H35N5OS. The van der Waals surface area contributed by atoms with E-state index >= 15 is 0 Å². The van der Waals surface area contributed by atoms with Crippen molar-refractivity contribution >= 4 is 17.7 Å².